The van der Waals surface area contributed by atoms with Crippen LogP contribution in [0.15, 0.2) is 24.3 Å². The monoisotopic (exact) mass is 273 g/mol. The highest BCUT2D eigenvalue weighted by molar-refractivity contribution is 8.13. The van der Waals surface area contributed by atoms with E-state index in [2.05, 4.69) is 11.0 Å². The lowest BCUT2D eigenvalue weighted by atomic mass is 10.1. The molecule has 1 aromatic rings. The van der Waals surface area contributed by atoms with Gasteiger partial charge in [-0.1, -0.05) is 18.2 Å². The number of benzene rings is 1. The van der Waals surface area contributed by atoms with Crippen molar-refractivity contribution >= 4 is 25.4 Å². The molecule has 3 nitrogen and oxygen atoms in total. The zero-order chi connectivity index (χ0) is 12.3. The summed E-state index contributed by atoms with van der Waals surface area (Å²) in [6.45, 7) is 2.12. The molecule has 1 saturated heterocycles. The number of para-hydroxylation sites is 1. The van der Waals surface area contributed by atoms with Crippen molar-refractivity contribution < 1.29 is 8.42 Å². The molecule has 94 valence electrons. The Morgan fingerprint density at radius 3 is 2.47 bits per heavy atom. The molecule has 1 fully saturated rings. The van der Waals surface area contributed by atoms with Crippen molar-refractivity contribution in [3.63, 3.8) is 0 Å². The van der Waals surface area contributed by atoms with Crippen LogP contribution in [0.1, 0.15) is 18.4 Å². The number of rotatable bonds is 4. The molecule has 0 atom stereocenters. The second kappa shape index (κ2) is 5.27. The molecule has 17 heavy (non-hydrogen) atoms. The molecule has 0 aliphatic carbocycles. The van der Waals surface area contributed by atoms with Crippen LogP contribution in [0.2, 0.25) is 0 Å². The van der Waals surface area contributed by atoms with E-state index in [1.165, 1.54) is 12.8 Å². The van der Waals surface area contributed by atoms with E-state index in [-0.39, 0.29) is 5.75 Å². The minimum absolute atomic E-state index is 0.000586. The van der Waals surface area contributed by atoms with Gasteiger partial charge in [0.15, 0.2) is 0 Å². The minimum Gasteiger partial charge on any atom is -0.371 e. The largest absolute Gasteiger partial charge is 0.371 e. The van der Waals surface area contributed by atoms with E-state index in [0.717, 1.165) is 24.3 Å². The van der Waals surface area contributed by atoms with E-state index in [4.69, 9.17) is 10.7 Å². The summed E-state index contributed by atoms with van der Waals surface area (Å²) in [7, 11) is 1.84. The summed E-state index contributed by atoms with van der Waals surface area (Å²) in [6, 6.07) is 7.97. The van der Waals surface area contributed by atoms with Crippen molar-refractivity contribution in [1.29, 1.82) is 0 Å². The average Bonchev–Trinajstić information content (AvgIpc) is 2.79. The Morgan fingerprint density at radius 1 is 1.18 bits per heavy atom. The van der Waals surface area contributed by atoms with Crippen LogP contribution in [0.5, 0.6) is 0 Å². The van der Waals surface area contributed by atoms with Gasteiger partial charge in [0, 0.05) is 29.5 Å². The topological polar surface area (TPSA) is 37.4 Å². The predicted molar refractivity (Wildman–Crippen MR) is 71.2 cm³/mol. The van der Waals surface area contributed by atoms with E-state index in [9.17, 15) is 8.42 Å². The molecule has 1 aliphatic heterocycles. The summed E-state index contributed by atoms with van der Waals surface area (Å²) in [4.78, 5) is 2.32. The first-order valence-electron chi connectivity index (χ1n) is 5.81. The van der Waals surface area contributed by atoms with Crippen LogP contribution in [-0.2, 0) is 15.5 Å². The van der Waals surface area contributed by atoms with Crippen molar-refractivity contribution in [3.05, 3.63) is 29.8 Å². The van der Waals surface area contributed by atoms with Crippen LogP contribution in [0.4, 0.5) is 5.69 Å². The van der Waals surface area contributed by atoms with Gasteiger partial charge >= 0.3 is 0 Å². The van der Waals surface area contributed by atoms with Crippen molar-refractivity contribution in [2.75, 3.05) is 23.7 Å². The lowest BCUT2D eigenvalue weighted by Gasteiger charge is -2.21. The summed E-state index contributed by atoms with van der Waals surface area (Å²) in [5.41, 5.74) is 2.23. The van der Waals surface area contributed by atoms with Gasteiger partial charge in [0.2, 0.25) is 9.05 Å². The molecule has 0 saturated carbocycles. The van der Waals surface area contributed by atoms with Crippen molar-refractivity contribution in [3.8, 4) is 0 Å². The van der Waals surface area contributed by atoms with Gasteiger partial charge in [0.05, 0.1) is 5.75 Å². The number of aryl methyl sites for hydroxylation is 1. The predicted octanol–water partition coefficient (Wildman–Crippen LogP) is 2.40. The second-order valence-electron chi connectivity index (χ2n) is 4.32. The first-order valence-corrected chi connectivity index (χ1v) is 8.29. The number of hydrogen-bond acceptors (Lipinski definition) is 3. The van der Waals surface area contributed by atoms with Gasteiger partial charge in [-0.2, -0.15) is 0 Å². The molecule has 0 unspecified atom stereocenters. The Labute approximate surface area is 107 Å². The zero-order valence-corrected chi connectivity index (χ0v) is 11.2. The van der Waals surface area contributed by atoms with Crippen molar-refractivity contribution in [2.45, 2.75) is 19.3 Å². The van der Waals surface area contributed by atoms with Gasteiger partial charge in [-0.3, -0.25) is 0 Å². The van der Waals surface area contributed by atoms with Gasteiger partial charge in [-0.25, -0.2) is 8.42 Å². The van der Waals surface area contributed by atoms with Gasteiger partial charge in [-0.05, 0) is 30.9 Å². The highest BCUT2D eigenvalue weighted by Gasteiger charge is 2.16. The Bertz CT molecular complexity index is 481. The highest BCUT2D eigenvalue weighted by Crippen LogP contribution is 2.25. The molecule has 1 heterocycles. The van der Waals surface area contributed by atoms with Crippen LogP contribution < -0.4 is 4.90 Å². The van der Waals surface area contributed by atoms with Gasteiger partial charge in [-0.15, -0.1) is 0 Å². The Kier molecular flexibility index (Phi) is 3.94. The average molecular weight is 274 g/mol. The maximum Gasteiger partial charge on any atom is 0.232 e. The lowest BCUT2D eigenvalue weighted by Crippen LogP contribution is -2.19. The summed E-state index contributed by atoms with van der Waals surface area (Å²) in [5.74, 6) is -0.000586. The second-order valence-corrected chi connectivity index (χ2v) is 7.21. The fourth-order valence-corrected chi connectivity index (χ4v) is 2.92. The Morgan fingerprint density at radius 2 is 1.82 bits per heavy atom. The van der Waals surface area contributed by atoms with Crippen LogP contribution in [0.25, 0.3) is 0 Å². The number of anilines is 1. The lowest BCUT2D eigenvalue weighted by molar-refractivity contribution is 0.609. The quantitative estimate of drug-likeness (QED) is 0.791. The standard InChI is InChI=1S/C12H16ClNO2S/c13-17(15,16)10-7-11-5-1-2-6-12(11)14-8-3-4-9-14/h1-2,5-6H,3-4,7-10H2. The first-order chi connectivity index (χ1) is 8.06. The van der Waals surface area contributed by atoms with Gasteiger partial charge in [0.1, 0.15) is 0 Å². The number of halogens is 1. The van der Waals surface area contributed by atoms with E-state index < -0.39 is 9.05 Å². The molecule has 0 radical (unpaired) electrons. The minimum atomic E-state index is -3.41. The normalized spacial score (nSPS) is 16.4. The molecule has 1 aliphatic rings. The number of hydrogen-bond donors (Lipinski definition) is 0. The molecule has 0 amide bonds. The van der Waals surface area contributed by atoms with Crippen LogP contribution in [0.3, 0.4) is 0 Å². The molecular weight excluding hydrogens is 258 g/mol. The smallest absolute Gasteiger partial charge is 0.232 e. The van der Waals surface area contributed by atoms with Crippen molar-refractivity contribution in [1.82, 2.24) is 0 Å². The van der Waals surface area contributed by atoms with Crippen LogP contribution >= 0.6 is 10.7 Å². The summed E-state index contributed by atoms with van der Waals surface area (Å²) >= 11 is 0. The Hall–Kier alpha value is -0.740. The van der Waals surface area contributed by atoms with E-state index in [0.29, 0.717) is 6.42 Å². The fraction of sp³-hybridized carbons (Fsp3) is 0.500. The summed E-state index contributed by atoms with van der Waals surface area (Å²) in [6.07, 6.45) is 2.91. The van der Waals surface area contributed by atoms with Gasteiger partial charge < -0.3 is 4.90 Å². The number of nitrogens with zero attached hydrogens (tertiary/aromatic N) is 1. The zero-order valence-electron chi connectivity index (χ0n) is 9.60. The van der Waals surface area contributed by atoms with Crippen LogP contribution in [0, 0.1) is 0 Å². The molecule has 0 aromatic heterocycles. The molecule has 2 rings (SSSR count). The molecule has 0 spiro atoms. The molecular formula is C12H16ClNO2S. The maximum atomic E-state index is 11.0. The third-order valence-corrected chi connectivity index (χ3v) is 4.21. The summed E-state index contributed by atoms with van der Waals surface area (Å²) in [5, 5.41) is 0. The summed E-state index contributed by atoms with van der Waals surface area (Å²) < 4.78 is 22.0. The first kappa shape index (κ1) is 12.7. The third kappa shape index (κ3) is 3.61. The van der Waals surface area contributed by atoms with Crippen molar-refractivity contribution in [2.24, 2.45) is 0 Å². The highest BCUT2D eigenvalue weighted by atomic mass is 35.7. The Balaban J connectivity index is 2.15. The van der Waals surface area contributed by atoms with Gasteiger partial charge in [0.25, 0.3) is 0 Å². The molecule has 0 bridgehead atoms. The van der Waals surface area contributed by atoms with E-state index in [1.54, 1.807) is 0 Å². The molecule has 5 heteroatoms. The SMILES string of the molecule is O=S(=O)(Cl)CCc1ccccc1N1CCCC1. The maximum absolute atomic E-state index is 11.0. The van der Waals surface area contributed by atoms with E-state index in [1.807, 2.05) is 18.2 Å². The fourth-order valence-electron chi connectivity index (χ4n) is 2.22. The molecule has 1 aromatic carbocycles. The van der Waals surface area contributed by atoms with Crippen LogP contribution in [-0.4, -0.2) is 27.3 Å². The molecule has 0 N–H and O–H groups in total. The van der Waals surface area contributed by atoms with E-state index >= 15 is 0 Å². The third-order valence-electron chi connectivity index (χ3n) is 3.05.